The van der Waals surface area contributed by atoms with E-state index in [1.165, 1.54) is 0 Å². The van der Waals surface area contributed by atoms with E-state index < -0.39 is 11.7 Å². The molecular weight excluding hydrogens is 216 g/mol. The number of hydrogen-bond donors (Lipinski definition) is 1. The maximum atomic E-state index is 11.8. The molecule has 2 rings (SSSR count). The molecule has 0 bridgehead atoms. The monoisotopic (exact) mass is 226 g/mol. The molecule has 1 heterocycles. The summed E-state index contributed by atoms with van der Waals surface area (Å²) in [6.07, 6.45) is 2.02. The molecule has 8 nitrogen and oxygen atoms in total. The summed E-state index contributed by atoms with van der Waals surface area (Å²) in [5.74, 6) is 4.57. The number of rotatable bonds is 1. The zero-order valence-electron chi connectivity index (χ0n) is 8.38. The van der Waals surface area contributed by atoms with Gasteiger partial charge in [0.05, 0.1) is 5.69 Å². The van der Waals surface area contributed by atoms with Crippen molar-refractivity contribution in [2.45, 2.75) is 25.7 Å². The van der Waals surface area contributed by atoms with Gasteiger partial charge in [-0.15, -0.1) is 5.10 Å². The van der Waals surface area contributed by atoms with E-state index in [-0.39, 0.29) is 0 Å². The Labute approximate surface area is 89.9 Å². The van der Waals surface area contributed by atoms with Gasteiger partial charge in [0, 0.05) is 5.56 Å². The minimum Gasteiger partial charge on any atom is -0.339 e. The smallest absolute Gasteiger partial charge is 0.339 e. The van der Waals surface area contributed by atoms with Crippen molar-refractivity contribution in [2.75, 3.05) is 0 Å². The summed E-state index contributed by atoms with van der Waals surface area (Å²) >= 11 is 0. The molecule has 8 heteroatoms. The third-order valence-corrected chi connectivity index (χ3v) is 2.37. The molecule has 0 aliphatic heterocycles. The van der Waals surface area contributed by atoms with Crippen LogP contribution in [0.2, 0.25) is 0 Å². The average Bonchev–Trinajstić information content (AvgIpc) is 2.33. The quantitative estimate of drug-likeness (QED) is 0.480. The van der Waals surface area contributed by atoms with Gasteiger partial charge in [-0.2, -0.15) is 10.7 Å². The highest BCUT2D eigenvalue weighted by Crippen LogP contribution is 2.14. The molecule has 0 unspecified atom stereocenters. The van der Waals surface area contributed by atoms with E-state index in [1.807, 2.05) is 0 Å². The molecule has 1 aromatic heterocycles. The van der Waals surface area contributed by atoms with Crippen molar-refractivity contribution in [1.82, 2.24) is 15.2 Å². The molecule has 0 aromatic carbocycles. The number of hydrogen-bond acceptors (Lipinski definition) is 7. The average molecular weight is 226 g/mol. The number of carbonyl (C=O) groups is 1. The van der Waals surface area contributed by atoms with Crippen LogP contribution < -0.4 is 16.3 Å². The van der Waals surface area contributed by atoms with Crippen molar-refractivity contribution < 1.29 is 14.5 Å². The molecule has 0 atom stereocenters. The van der Waals surface area contributed by atoms with E-state index in [1.54, 1.807) is 0 Å². The first-order valence-corrected chi connectivity index (χ1v) is 4.79. The second-order valence-corrected chi connectivity index (χ2v) is 3.36. The lowest BCUT2D eigenvalue weighted by atomic mass is 9.98. The van der Waals surface area contributed by atoms with Gasteiger partial charge >= 0.3 is 11.7 Å². The fraction of sp³-hybridized carbons (Fsp3) is 0.500. The van der Waals surface area contributed by atoms with Crippen molar-refractivity contribution in [2.24, 2.45) is 5.90 Å². The highest BCUT2D eigenvalue weighted by molar-refractivity contribution is 5.59. The predicted octanol–water partition coefficient (Wildman–Crippen LogP) is -1.04. The minimum absolute atomic E-state index is 0.485. The summed E-state index contributed by atoms with van der Waals surface area (Å²) in [6, 6.07) is 0. The molecule has 0 saturated carbocycles. The van der Waals surface area contributed by atoms with Crippen molar-refractivity contribution in [3.05, 3.63) is 21.6 Å². The summed E-state index contributed by atoms with van der Waals surface area (Å²) < 4.78 is 0. The highest BCUT2D eigenvalue weighted by atomic mass is 16.9. The number of nitrogens with zero attached hydrogens (tertiary/aromatic N) is 3. The zero-order valence-corrected chi connectivity index (χ0v) is 8.38. The van der Waals surface area contributed by atoms with E-state index in [0.29, 0.717) is 22.5 Å². The summed E-state index contributed by atoms with van der Waals surface area (Å²) in [5.41, 5.74) is 0.707. The Bertz CT molecular complexity index is 470. The number of carbonyl (C=O) groups excluding carboxylic acids is 1. The number of aromatic nitrogens is 3. The maximum Gasteiger partial charge on any atom is 0.554 e. The molecule has 1 aliphatic rings. The van der Waals surface area contributed by atoms with Gasteiger partial charge in [0.2, 0.25) is 0 Å². The maximum absolute atomic E-state index is 11.8. The minimum atomic E-state index is -1.22. The van der Waals surface area contributed by atoms with Gasteiger partial charge in [-0.05, 0) is 35.7 Å². The summed E-state index contributed by atoms with van der Waals surface area (Å²) in [7, 11) is 0. The van der Waals surface area contributed by atoms with Crippen LogP contribution in [-0.2, 0) is 17.7 Å². The van der Waals surface area contributed by atoms with Gasteiger partial charge in [0.1, 0.15) is 0 Å². The lowest BCUT2D eigenvalue weighted by Gasteiger charge is -2.13. The fourth-order valence-electron chi connectivity index (χ4n) is 1.63. The molecule has 1 aliphatic carbocycles. The number of aryl methyl sites for hydroxylation is 1. The Morgan fingerprint density at radius 3 is 2.88 bits per heavy atom. The second-order valence-electron chi connectivity index (χ2n) is 3.36. The van der Waals surface area contributed by atoms with Gasteiger partial charge in [-0.1, -0.05) is 0 Å². The van der Waals surface area contributed by atoms with Crippen LogP contribution >= 0.6 is 0 Å². The Morgan fingerprint density at radius 2 is 2.12 bits per heavy atom. The molecule has 0 saturated heterocycles. The van der Waals surface area contributed by atoms with Crippen molar-refractivity contribution in [3.63, 3.8) is 0 Å². The SMILES string of the molecule is NOC(=O)On1nnc2c(c1=O)CCCC2. The van der Waals surface area contributed by atoms with Gasteiger partial charge in [0.25, 0.3) is 0 Å². The van der Waals surface area contributed by atoms with E-state index in [0.717, 1.165) is 19.3 Å². The predicted molar refractivity (Wildman–Crippen MR) is 50.2 cm³/mol. The van der Waals surface area contributed by atoms with E-state index in [2.05, 4.69) is 25.9 Å². The third-order valence-electron chi connectivity index (χ3n) is 2.37. The van der Waals surface area contributed by atoms with Gasteiger partial charge < -0.3 is 4.84 Å². The summed E-state index contributed by atoms with van der Waals surface area (Å²) in [6.45, 7) is 0. The Balaban J connectivity index is 2.34. The van der Waals surface area contributed by atoms with E-state index >= 15 is 0 Å². The van der Waals surface area contributed by atoms with Crippen LogP contribution in [0.3, 0.4) is 0 Å². The summed E-state index contributed by atoms with van der Waals surface area (Å²) in [4.78, 5) is 31.1. The first-order chi connectivity index (χ1) is 7.72. The standard InChI is InChI=1S/C8H10N4O4/c9-15-8(14)16-12-7(13)5-3-1-2-4-6(5)10-11-12/h1-4,9H2. The lowest BCUT2D eigenvalue weighted by molar-refractivity contribution is 0.0288. The molecular formula is C8H10N4O4. The molecule has 86 valence electrons. The Hall–Kier alpha value is -1.96. The molecule has 0 spiro atoms. The van der Waals surface area contributed by atoms with Gasteiger partial charge in [-0.25, -0.2) is 0 Å². The van der Waals surface area contributed by atoms with Crippen LogP contribution in [0.1, 0.15) is 24.1 Å². The van der Waals surface area contributed by atoms with Crippen LogP contribution in [0.15, 0.2) is 4.79 Å². The van der Waals surface area contributed by atoms with Crippen LogP contribution in [-0.4, -0.2) is 21.3 Å². The molecule has 0 amide bonds. The second kappa shape index (κ2) is 4.27. The Kier molecular flexibility index (Phi) is 2.82. The van der Waals surface area contributed by atoms with Gasteiger partial charge in [0.15, 0.2) is 0 Å². The first kappa shape index (κ1) is 10.6. The van der Waals surface area contributed by atoms with Crippen molar-refractivity contribution in [1.29, 1.82) is 0 Å². The van der Waals surface area contributed by atoms with Crippen molar-refractivity contribution >= 4 is 6.16 Å². The summed E-state index contributed by atoms with van der Waals surface area (Å²) in [5, 5.41) is 7.26. The number of nitrogens with two attached hydrogens (primary N) is 1. The lowest BCUT2D eigenvalue weighted by Crippen LogP contribution is -2.38. The fourth-order valence-corrected chi connectivity index (χ4v) is 1.63. The highest BCUT2D eigenvalue weighted by Gasteiger charge is 2.18. The van der Waals surface area contributed by atoms with Crippen LogP contribution in [0.5, 0.6) is 0 Å². The van der Waals surface area contributed by atoms with Crippen LogP contribution in [0, 0.1) is 0 Å². The molecule has 16 heavy (non-hydrogen) atoms. The molecule has 0 radical (unpaired) electrons. The topological polar surface area (TPSA) is 109 Å². The first-order valence-electron chi connectivity index (χ1n) is 4.79. The van der Waals surface area contributed by atoms with Gasteiger partial charge in [-0.3, -0.25) is 9.63 Å². The zero-order chi connectivity index (χ0) is 11.5. The van der Waals surface area contributed by atoms with Crippen molar-refractivity contribution in [3.8, 4) is 0 Å². The molecule has 2 N–H and O–H groups in total. The van der Waals surface area contributed by atoms with Crippen LogP contribution in [0.25, 0.3) is 0 Å². The third kappa shape index (κ3) is 1.87. The molecule has 1 aromatic rings. The number of fused-ring (bicyclic) bond motifs is 1. The van der Waals surface area contributed by atoms with E-state index in [9.17, 15) is 9.59 Å². The normalized spacial score (nSPS) is 14.1. The molecule has 0 fully saturated rings. The largest absolute Gasteiger partial charge is 0.554 e. The van der Waals surface area contributed by atoms with E-state index in [4.69, 9.17) is 0 Å². The van der Waals surface area contributed by atoms with Crippen LogP contribution in [0.4, 0.5) is 4.79 Å². The Morgan fingerprint density at radius 1 is 1.38 bits per heavy atom.